The van der Waals surface area contributed by atoms with Crippen LogP contribution in [0.25, 0.3) is 10.8 Å². The van der Waals surface area contributed by atoms with Gasteiger partial charge in [-0.3, -0.25) is 9.59 Å². The van der Waals surface area contributed by atoms with Gasteiger partial charge in [-0.25, -0.2) is 0 Å². The zero-order valence-corrected chi connectivity index (χ0v) is 9.94. The largest absolute Gasteiger partial charge is 0.496 e. The first-order valence-electron chi connectivity index (χ1n) is 5.45. The van der Waals surface area contributed by atoms with Crippen LogP contribution in [0.3, 0.4) is 0 Å². The maximum Gasteiger partial charge on any atom is 0.238 e. The summed E-state index contributed by atoms with van der Waals surface area (Å²) < 4.78 is 10.3. The van der Waals surface area contributed by atoms with Crippen molar-refractivity contribution in [3.05, 3.63) is 35.4 Å². The Balaban J connectivity index is 2.53. The number of carbonyl (C=O) groups excluding carboxylic acids is 2. The van der Waals surface area contributed by atoms with Crippen molar-refractivity contribution in [3.63, 3.8) is 0 Å². The van der Waals surface area contributed by atoms with E-state index in [1.807, 2.05) is 12.1 Å². The van der Waals surface area contributed by atoms with Crippen LogP contribution in [0.2, 0.25) is 0 Å². The number of Topliss-reactive ketones (excluding diaryl/α,β-unsaturated/α-hetero) is 2. The van der Waals surface area contributed by atoms with Crippen molar-refractivity contribution in [1.82, 2.24) is 0 Å². The normalized spacial score (nSPS) is 13.2. The third-order valence-corrected chi connectivity index (χ3v) is 3.21. The minimum absolute atomic E-state index is 0.342. The number of carbonyl (C=O) groups is 2. The average Bonchev–Trinajstić information content (AvgIpc) is 2.67. The fraction of sp³-hybridized carbons (Fsp3) is 0.143. The Labute approximate surface area is 103 Å². The van der Waals surface area contributed by atoms with Gasteiger partial charge >= 0.3 is 0 Å². The van der Waals surface area contributed by atoms with Gasteiger partial charge in [0.05, 0.1) is 25.3 Å². The van der Waals surface area contributed by atoms with Gasteiger partial charge in [0.15, 0.2) is 0 Å². The van der Waals surface area contributed by atoms with Crippen LogP contribution in [0.15, 0.2) is 24.3 Å². The molecule has 2 aromatic carbocycles. The Morgan fingerprint density at radius 3 is 1.61 bits per heavy atom. The van der Waals surface area contributed by atoms with Crippen molar-refractivity contribution in [2.24, 2.45) is 0 Å². The highest BCUT2D eigenvalue weighted by atomic mass is 16.5. The van der Waals surface area contributed by atoms with E-state index in [1.165, 1.54) is 14.2 Å². The maximum absolute atomic E-state index is 12.0. The Bertz CT molecular complexity index is 644. The fourth-order valence-corrected chi connectivity index (χ4v) is 2.40. The standard InChI is InChI=1S/C14H10O4/c1-17-8-5-3-7-4-6-9(18-2)12-10(7)11(8)13(15)14(12)16/h3-6H,1-2H3. The molecule has 1 aliphatic carbocycles. The van der Waals surface area contributed by atoms with E-state index in [0.29, 0.717) is 28.0 Å². The third kappa shape index (κ3) is 1.14. The molecule has 0 fully saturated rings. The summed E-state index contributed by atoms with van der Waals surface area (Å²) >= 11 is 0. The molecule has 0 amide bonds. The number of ketones is 2. The lowest BCUT2D eigenvalue weighted by Crippen LogP contribution is -2.08. The Kier molecular flexibility index (Phi) is 2.13. The van der Waals surface area contributed by atoms with Crippen molar-refractivity contribution in [3.8, 4) is 11.5 Å². The zero-order valence-electron chi connectivity index (χ0n) is 9.94. The van der Waals surface area contributed by atoms with Gasteiger partial charge in [-0.05, 0) is 17.5 Å². The molecule has 3 rings (SSSR count). The van der Waals surface area contributed by atoms with E-state index in [0.717, 1.165) is 5.39 Å². The van der Waals surface area contributed by atoms with E-state index in [-0.39, 0.29) is 0 Å². The lowest BCUT2D eigenvalue weighted by molar-refractivity contribution is 0.0822. The first kappa shape index (κ1) is 10.8. The molecule has 90 valence electrons. The summed E-state index contributed by atoms with van der Waals surface area (Å²) in [5.41, 5.74) is 0.683. The number of rotatable bonds is 2. The molecule has 18 heavy (non-hydrogen) atoms. The molecule has 0 unspecified atom stereocenters. The molecule has 0 aliphatic heterocycles. The fourth-order valence-electron chi connectivity index (χ4n) is 2.40. The highest BCUT2D eigenvalue weighted by molar-refractivity contribution is 6.58. The summed E-state index contributed by atoms with van der Waals surface area (Å²) in [6, 6.07) is 7.05. The number of hydrogen-bond donors (Lipinski definition) is 0. The monoisotopic (exact) mass is 242 g/mol. The summed E-state index contributed by atoms with van der Waals surface area (Å²) in [7, 11) is 2.96. The van der Waals surface area contributed by atoms with Crippen LogP contribution in [-0.4, -0.2) is 25.8 Å². The van der Waals surface area contributed by atoms with E-state index in [4.69, 9.17) is 9.47 Å². The molecule has 2 aromatic rings. The highest BCUT2D eigenvalue weighted by Crippen LogP contribution is 2.40. The third-order valence-electron chi connectivity index (χ3n) is 3.21. The second-order valence-corrected chi connectivity index (χ2v) is 4.04. The highest BCUT2D eigenvalue weighted by Gasteiger charge is 2.36. The molecule has 0 aromatic heterocycles. The van der Waals surface area contributed by atoms with E-state index in [1.54, 1.807) is 12.1 Å². The van der Waals surface area contributed by atoms with E-state index >= 15 is 0 Å². The second-order valence-electron chi connectivity index (χ2n) is 4.04. The van der Waals surface area contributed by atoms with Gasteiger partial charge in [0, 0.05) is 5.39 Å². The SMILES string of the molecule is COc1ccc2ccc(OC)c3c2c1C(=O)C3=O. The van der Waals surface area contributed by atoms with Gasteiger partial charge in [0.2, 0.25) is 11.6 Å². The Morgan fingerprint density at radius 2 is 1.22 bits per heavy atom. The van der Waals surface area contributed by atoms with Gasteiger partial charge in [0.25, 0.3) is 0 Å². The van der Waals surface area contributed by atoms with E-state index in [2.05, 4.69) is 0 Å². The molecule has 0 N–H and O–H groups in total. The van der Waals surface area contributed by atoms with Gasteiger partial charge < -0.3 is 9.47 Å². The van der Waals surface area contributed by atoms with Crippen molar-refractivity contribution < 1.29 is 19.1 Å². The summed E-state index contributed by atoms with van der Waals surface area (Å²) in [6.45, 7) is 0. The van der Waals surface area contributed by atoms with Gasteiger partial charge in [-0.2, -0.15) is 0 Å². The molecule has 0 heterocycles. The van der Waals surface area contributed by atoms with Gasteiger partial charge in [-0.15, -0.1) is 0 Å². The first-order chi connectivity index (χ1) is 8.69. The first-order valence-corrected chi connectivity index (χ1v) is 5.45. The predicted octanol–water partition coefficient (Wildman–Crippen LogP) is 2.24. The van der Waals surface area contributed by atoms with Crippen LogP contribution < -0.4 is 9.47 Å². The minimum Gasteiger partial charge on any atom is -0.496 e. The van der Waals surface area contributed by atoms with Crippen LogP contribution in [0.1, 0.15) is 20.7 Å². The summed E-state index contributed by atoms with van der Waals surface area (Å²) in [5.74, 6) is -0.213. The maximum atomic E-state index is 12.0. The van der Waals surface area contributed by atoms with Crippen LogP contribution in [0.4, 0.5) is 0 Å². The Hall–Kier alpha value is -2.36. The molecular weight excluding hydrogens is 232 g/mol. The van der Waals surface area contributed by atoms with Gasteiger partial charge in [-0.1, -0.05) is 12.1 Å². The lowest BCUT2D eigenvalue weighted by atomic mass is 10.0. The van der Waals surface area contributed by atoms with Crippen LogP contribution >= 0.6 is 0 Å². The van der Waals surface area contributed by atoms with Crippen molar-refractivity contribution in [2.75, 3.05) is 14.2 Å². The number of ether oxygens (including phenoxy) is 2. The molecule has 4 nitrogen and oxygen atoms in total. The summed E-state index contributed by atoms with van der Waals surface area (Å²) in [4.78, 5) is 24.1. The molecule has 0 bridgehead atoms. The smallest absolute Gasteiger partial charge is 0.238 e. The predicted molar refractivity (Wildman–Crippen MR) is 65.7 cm³/mol. The van der Waals surface area contributed by atoms with E-state index in [9.17, 15) is 9.59 Å². The quantitative estimate of drug-likeness (QED) is 0.758. The summed E-state index contributed by atoms with van der Waals surface area (Å²) in [5, 5.41) is 1.46. The lowest BCUT2D eigenvalue weighted by Gasteiger charge is -2.07. The summed E-state index contributed by atoms with van der Waals surface area (Å²) in [6.07, 6.45) is 0. The number of benzene rings is 2. The average molecular weight is 242 g/mol. The number of methoxy groups -OCH3 is 2. The number of hydrogen-bond acceptors (Lipinski definition) is 4. The van der Waals surface area contributed by atoms with Crippen molar-refractivity contribution in [2.45, 2.75) is 0 Å². The van der Waals surface area contributed by atoms with E-state index < -0.39 is 11.6 Å². The van der Waals surface area contributed by atoms with Crippen molar-refractivity contribution >= 4 is 22.3 Å². The van der Waals surface area contributed by atoms with Crippen LogP contribution in [-0.2, 0) is 0 Å². The molecule has 4 heteroatoms. The van der Waals surface area contributed by atoms with Gasteiger partial charge in [0.1, 0.15) is 11.5 Å². The van der Waals surface area contributed by atoms with Crippen LogP contribution in [0.5, 0.6) is 11.5 Å². The molecule has 1 aliphatic rings. The molecular formula is C14H10O4. The topological polar surface area (TPSA) is 52.6 Å². The van der Waals surface area contributed by atoms with Crippen molar-refractivity contribution in [1.29, 1.82) is 0 Å². The Morgan fingerprint density at radius 1 is 0.778 bits per heavy atom. The molecule has 0 saturated carbocycles. The molecule has 0 atom stereocenters. The minimum atomic E-state index is -0.531. The zero-order chi connectivity index (χ0) is 12.9. The molecule has 0 spiro atoms. The van der Waals surface area contributed by atoms with Crippen LogP contribution in [0, 0.1) is 0 Å². The molecule has 0 radical (unpaired) electrons. The second kappa shape index (κ2) is 3.57. The molecule has 0 saturated heterocycles.